The largest absolute Gasteiger partial charge is 0.347 e. The van der Waals surface area contributed by atoms with Crippen molar-refractivity contribution in [2.75, 3.05) is 0 Å². The van der Waals surface area contributed by atoms with Crippen LogP contribution in [0, 0.1) is 0 Å². The molecule has 0 atom stereocenters. The average Bonchev–Trinajstić information content (AvgIpc) is 2.27. The summed E-state index contributed by atoms with van der Waals surface area (Å²) in [6.07, 6.45) is 5.76. The maximum Gasteiger partial charge on any atom is 0.251 e. The Morgan fingerprint density at radius 1 is 1.31 bits per heavy atom. The fraction of sp³-hybridized carbons (Fsp3) is 0.500. The predicted molar refractivity (Wildman–Crippen MR) is 65.4 cm³/mol. The van der Waals surface area contributed by atoms with Gasteiger partial charge in [0.25, 0.3) is 5.91 Å². The molecule has 2 nitrogen and oxygen atoms in total. The lowest BCUT2D eigenvalue weighted by molar-refractivity contribution is 0.0811. The third-order valence-corrected chi connectivity index (χ3v) is 3.45. The van der Waals surface area contributed by atoms with Gasteiger partial charge in [-0.2, -0.15) is 0 Å². The van der Waals surface area contributed by atoms with Crippen LogP contribution in [0.5, 0.6) is 0 Å². The van der Waals surface area contributed by atoms with Gasteiger partial charge in [-0.25, -0.2) is 0 Å². The zero-order valence-corrected chi connectivity index (χ0v) is 9.83. The first-order chi connectivity index (χ1) is 7.76. The molecule has 0 spiro atoms. The number of carbonyl (C=O) groups is 1. The van der Waals surface area contributed by atoms with Crippen LogP contribution < -0.4 is 5.32 Å². The monoisotopic (exact) mass is 217 g/mol. The minimum atomic E-state index is 0.0775. The summed E-state index contributed by atoms with van der Waals surface area (Å²) in [7, 11) is 0. The predicted octanol–water partition coefficient (Wildman–Crippen LogP) is 3.14. The Morgan fingerprint density at radius 3 is 2.50 bits per heavy atom. The highest BCUT2D eigenvalue weighted by Gasteiger charge is 2.37. The van der Waals surface area contributed by atoms with Crippen LogP contribution in [-0.4, -0.2) is 11.4 Å². The van der Waals surface area contributed by atoms with Crippen molar-refractivity contribution < 1.29 is 4.79 Å². The van der Waals surface area contributed by atoms with E-state index in [1.54, 1.807) is 0 Å². The van der Waals surface area contributed by atoms with E-state index in [-0.39, 0.29) is 11.4 Å². The van der Waals surface area contributed by atoms with Crippen molar-refractivity contribution in [1.29, 1.82) is 0 Å². The molecule has 1 aromatic rings. The second-order valence-electron chi connectivity index (χ2n) is 4.70. The van der Waals surface area contributed by atoms with Gasteiger partial charge in [0.15, 0.2) is 0 Å². The first-order valence-electron chi connectivity index (χ1n) is 6.13. The minimum Gasteiger partial charge on any atom is -0.347 e. The van der Waals surface area contributed by atoms with Gasteiger partial charge in [-0.05, 0) is 37.8 Å². The van der Waals surface area contributed by atoms with Gasteiger partial charge in [-0.3, -0.25) is 4.79 Å². The van der Waals surface area contributed by atoms with Crippen molar-refractivity contribution in [3.05, 3.63) is 35.9 Å². The van der Waals surface area contributed by atoms with Gasteiger partial charge in [0.1, 0.15) is 0 Å². The van der Waals surface area contributed by atoms with E-state index in [2.05, 4.69) is 12.2 Å². The standard InChI is InChI=1S/C14H19NO/c1-2-9-14(10-6-11-14)15-13(16)12-7-4-3-5-8-12/h3-5,7-8H,2,6,9-11H2,1H3,(H,15,16). The zero-order chi connectivity index (χ0) is 11.4. The Hall–Kier alpha value is -1.31. The second-order valence-corrected chi connectivity index (χ2v) is 4.70. The van der Waals surface area contributed by atoms with E-state index in [1.807, 2.05) is 30.3 Å². The van der Waals surface area contributed by atoms with E-state index in [0.717, 1.165) is 31.2 Å². The summed E-state index contributed by atoms with van der Waals surface area (Å²) in [5, 5.41) is 3.21. The maximum absolute atomic E-state index is 12.0. The molecule has 0 radical (unpaired) electrons. The molecule has 1 aromatic carbocycles. The summed E-state index contributed by atoms with van der Waals surface area (Å²) in [6.45, 7) is 2.18. The van der Waals surface area contributed by atoms with Gasteiger partial charge >= 0.3 is 0 Å². The summed E-state index contributed by atoms with van der Waals surface area (Å²) in [5.74, 6) is 0.0775. The molecule has 16 heavy (non-hydrogen) atoms. The molecule has 1 saturated carbocycles. The topological polar surface area (TPSA) is 29.1 Å². The smallest absolute Gasteiger partial charge is 0.251 e. The average molecular weight is 217 g/mol. The molecule has 86 valence electrons. The molecule has 1 amide bonds. The lowest BCUT2D eigenvalue weighted by Gasteiger charge is -2.42. The van der Waals surface area contributed by atoms with E-state index in [1.165, 1.54) is 6.42 Å². The van der Waals surface area contributed by atoms with Crippen LogP contribution in [0.1, 0.15) is 49.4 Å². The van der Waals surface area contributed by atoms with Crippen molar-refractivity contribution in [2.24, 2.45) is 0 Å². The summed E-state index contributed by atoms with van der Waals surface area (Å²) in [6, 6.07) is 9.48. The lowest BCUT2D eigenvalue weighted by Crippen LogP contribution is -2.53. The van der Waals surface area contributed by atoms with E-state index in [4.69, 9.17) is 0 Å². The number of benzene rings is 1. The third kappa shape index (κ3) is 2.26. The van der Waals surface area contributed by atoms with Gasteiger partial charge in [0.2, 0.25) is 0 Å². The molecule has 1 aliphatic carbocycles. The normalized spacial score (nSPS) is 17.6. The van der Waals surface area contributed by atoms with Gasteiger partial charge in [-0.1, -0.05) is 31.5 Å². The van der Waals surface area contributed by atoms with Crippen molar-refractivity contribution in [2.45, 2.75) is 44.6 Å². The molecule has 2 heteroatoms. The Morgan fingerprint density at radius 2 is 2.00 bits per heavy atom. The first-order valence-corrected chi connectivity index (χ1v) is 6.13. The van der Waals surface area contributed by atoms with Gasteiger partial charge in [-0.15, -0.1) is 0 Å². The van der Waals surface area contributed by atoms with Crippen LogP contribution in [0.2, 0.25) is 0 Å². The summed E-state index contributed by atoms with van der Waals surface area (Å²) in [5.41, 5.74) is 0.867. The molecule has 2 rings (SSSR count). The summed E-state index contributed by atoms with van der Waals surface area (Å²) < 4.78 is 0. The van der Waals surface area contributed by atoms with Crippen molar-refractivity contribution in [3.8, 4) is 0 Å². The van der Waals surface area contributed by atoms with Crippen LogP contribution in [0.4, 0.5) is 0 Å². The molecule has 0 aromatic heterocycles. The first kappa shape index (κ1) is 11.2. The molecule has 1 N–H and O–H groups in total. The van der Waals surface area contributed by atoms with Crippen LogP contribution >= 0.6 is 0 Å². The second kappa shape index (κ2) is 4.69. The van der Waals surface area contributed by atoms with Crippen molar-refractivity contribution >= 4 is 5.91 Å². The quantitative estimate of drug-likeness (QED) is 0.824. The van der Waals surface area contributed by atoms with E-state index < -0.39 is 0 Å². The van der Waals surface area contributed by atoms with Crippen molar-refractivity contribution in [1.82, 2.24) is 5.32 Å². The molecule has 0 heterocycles. The van der Waals surface area contributed by atoms with E-state index in [9.17, 15) is 4.79 Å². The highest BCUT2D eigenvalue weighted by molar-refractivity contribution is 5.94. The fourth-order valence-electron chi connectivity index (χ4n) is 2.42. The highest BCUT2D eigenvalue weighted by Crippen LogP contribution is 2.36. The summed E-state index contributed by atoms with van der Waals surface area (Å²) >= 11 is 0. The Labute approximate surface area is 97.1 Å². The molecular weight excluding hydrogens is 198 g/mol. The Balaban J connectivity index is 2.01. The lowest BCUT2D eigenvalue weighted by atomic mass is 9.73. The Kier molecular flexibility index (Phi) is 3.28. The van der Waals surface area contributed by atoms with Crippen molar-refractivity contribution in [3.63, 3.8) is 0 Å². The molecule has 0 bridgehead atoms. The molecule has 0 aliphatic heterocycles. The SMILES string of the molecule is CCCC1(NC(=O)c2ccccc2)CCC1. The fourth-order valence-corrected chi connectivity index (χ4v) is 2.42. The minimum absolute atomic E-state index is 0.0775. The Bertz CT molecular complexity index is 354. The van der Waals surface area contributed by atoms with Gasteiger partial charge in [0, 0.05) is 11.1 Å². The highest BCUT2D eigenvalue weighted by atomic mass is 16.1. The number of hydrogen-bond donors (Lipinski definition) is 1. The summed E-state index contributed by atoms with van der Waals surface area (Å²) in [4.78, 5) is 12.0. The molecule has 1 fully saturated rings. The molecule has 1 aliphatic rings. The van der Waals surface area contributed by atoms with Crippen LogP contribution in [0.15, 0.2) is 30.3 Å². The molecule has 0 saturated heterocycles. The molecule has 0 unspecified atom stereocenters. The van der Waals surface area contributed by atoms with Crippen LogP contribution in [0.25, 0.3) is 0 Å². The number of amides is 1. The van der Waals surface area contributed by atoms with Crippen LogP contribution in [0.3, 0.4) is 0 Å². The number of nitrogens with one attached hydrogen (secondary N) is 1. The van der Waals surface area contributed by atoms with E-state index >= 15 is 0 Å². The molecular formula is C14H19NO. The van der Waals surface area contributed by atoms with Crippen LogP contribution in [-0.2, 0) is 0 Å². The van der Waals surface area contributed by atoms with Gasteiger partial charge < -0.3 is 5.32 Å². The maximum atomic E-state index is 12.0. The third-order valence-electron chi connectivity index (χ3n) is 3.45. The zero-order valence-electron chi connectivity index (χ0n) is 9.83. The number of rotatable bonds is 4. The number of carbonyl (C=O) groups excluding carboxylic acids is 1. The number of hydrogen-bond acceptors (Lipinski definition) is 1. The van der Waals surface area contributed by atoms with E-state index in [0.29, 0.717) is 0 Å². The van der Waals surface area contributed by atoms with Gasteiger partial charge in [0.05, 0.1) is 0 Å².